The van der Waals surface area contributed by atoms with Gasteiger partial charge in [-0.3, -0.25) is 14.5 Å². The summed E-state index contributed by atoms with van der Waals surface area (Å²) in [5, 5.41) is 12.3. The number of amides is 1. The number of carboxylic acid groups (broad SMARTS) is 1. The zero-order chi connectivity index (χ0) is 82.3. The number of thioether (sulfide) groups is 3. The molecule has 0 aliphatic carbocycles. The van der Waals surface area contributed by atoms with E-state index in [1.807, 2.05) is 142 Å². The number of anilines is 2. The largest absolute Gasteiger partial charge is 1.00 e. The van der Waals surface area contributed by atoms with Crippen molar-refractivity contribution in [2.24, 2.45) is 0 Å². The summed E-state index contributed by atoms with van der Waals surface area (Å²) in [6.45, 7) is 7.53. The van der Waals surface area contributed by atoms with Crippen molar-refractivity contribution in [1.29, 1.82) is 0 Å². The number of aryl methyl sites for hydroxylation is 2. The van der Waals surface area contributed by atoms with Crippen LogP contribution in [0.1, 0.15) is 82.2 Å². The van der Waals surface area contributed by atoms with E-state index in [0.29, 0.717) is 83.4 Å². The number of ether oxygens (including phenoxy) is 3. The number of aromatic nitrogens is 2. The minimum absolute atomic E-state index is 0. The normalized spacial score (nSPS) is 16.2. The van der Waals surface area contributed by atoms with E-state index in [9.17, 15) is 74.4 Å². The summed E-state index contributed by atoms with van der Waals surface area (Å²) in [6.07, 6.45) is 14.0. The number of carboxylic acids is 1. The molecule has 11 rings (SSSR count). The van der Waals surface area contributed by atoms with Gasteiger partial charge in [0.15, 0.2) is 30.3 Å². The van der Waals surface area contributed by atoms with Crippen molar-refractivity contribution < 1.29 is 192 Å². The summed E-state index contributed by atoms with van der Waals surface area (Å²) in [6, 6.07) is 30.4. The smallest absolute Gasteiger partial charge is 0.748 e. The predicted molar refractivity (Wildman–Crippen MR) is 444 cm³/mol. The van der Waals surface area contributed by atoms with E-state index in [1.165, 1.54) is 48.5 Å². The van der Waals surface area contributed by atoms with Gasteiger partial charge in [-0.25, -0.2) is 42.1 Å². The number of halogens is 2. The summed E-state index contributed by atoms with van der Waals surface area (Å²) >= 11 is 24.7. The van der Waals surface area contributed by atoms with E-state index in [-0.39, 0.29) is 138 Å². The third kappa shape index (κ3) is 29.8. The molecule has 4 aliphatic rings. The number of hydrogen-bond donors (Lipinski definition) is 1. The van der Waals surface area contributed by atoms with Crippen LogP contribution >= 0.6 is 93.4 Å². The Hall–Kier alpha value is -3.67. The number of thiocarbonyl (C=S) groups is 1. The molecule has 1 N–H and O–H groups in total. The maximum absolute atomic E-state index is 12.2. The zero-order valence-corrected chi connectivity index (χ0v) is 81.0. The van der Waals surface area contributed by atoms with Gasteiger partial charge in [0.2, 0.25) is 16.9 Å². The van der Waals surface area contributed by atoms with Crippen LogP contribution in [0, 0.1) is 0 Å². The van der Waals surface area contributed by atoms with Crippen LogP contribution in [0.3, 0.4) is 0 Å². The molecule has 2 saturated heterocycles. The summed E-state index contributed by atoms with van der Waals surface area (Å²) in [7, 11) is -18.6. The summed E-state index contributed by atoms with van der Waals surface area (Å²) < 4.78 is 192. The molecule has 4 aliphatic heterocycles. The molecule has 27 nitrogen and oxygen atoms in total. The van der Waals surface area contributed by atoms with E-state index in [2.05, 4.69) is 4.90 Å². The molecule has 1 unspecified atom stereocenters. The molecule has 6 heterocycles. The number of hydrogen-bond acceptors (Lipinski definition) is 29. The molecular formula is C73H79Cl2N6Na3O21S11. The van der Waals surface area contributed by atoms with E-state index < -0.39 is 91.5 Å². The minimum Gasteiger partial charge on any atom is -0.748 e. The molecule has 1 atom stereocenters. The maximum atomic E-state index is 12.2. The third-order valence-corrected chi connectivity index (χ3v) is 28.3. The van der Waals surface area contributed by atoms with Gasteiger partial charge in [-0.15, -0.1) is 11.8 Å². The van der Waals surface area contributed by atoms with Gasteiger partial charge in [-0.1, -0.05) is 132 Å². The number of methoxy groups -OCH3 is 2. The first kappa shape index (κ1) is 101. The Morgan fingerprint density at radius 2 is 1.19 bits per heavy atom. The second kappa shape index (κ2) is 45.6. The van der Waals surface area contributed by atoms with Crippen molar-refractivity contribution in [3.05, 3.63) is 173 Å². The minimum atomic E-state index is -4.48. The van der Waals surface area contributed by atoms with Crippen LogP contribution in [0.2, 0.25) is 10.0 Å². The Bertz CT molecular complexity index is 5540. The molecule has 7 aromatic rings. The van der Waals surface area contributed by atoms with Crippen molar-refractivity contribution >= 4 is 204 Å². The first-order valence-corrected chi connectivity index (χ1v) is 48.2. The van der Waals surface area contributed by atoms with Crippen LogP contribution in [-0.4, -0.2) is 177 Å². The van der Waals surface area contributed by atoms with Crippen molar-refractivity contribution in [3.63, 3.8) is 0 Å². The van der Waals surface area contributed by atoms with Gasteiger partial charge >= 0.3 is 94.6 Å². The van der Waals surface area contributed by atoms with Crippen LogP contribution in [0.15, 0.2) is 158 Å². The molecule has 0 spiro atoms. The SMILES string of the molecule is CCC(=Cc1sc2cc(OC)c(OC)cc2[n+]1CCCS(=O)(=O)[O-])C=C1Oc2ccc(-c3ccccc3)cc2N1CCC(C)S(=O)(=O)[O-].CCC(=Cc1sc2ccc(Cl)cc2[n+]1CCCS(=O)(=O)[O-])C=C1Sc2ccc(Cl)cc2N1CCCS(=O)(=O)[O-].O=C(O)CN1C(=O)/C(=C/C=C2\SCCN2CCCCS(=O)(=O)[O-])SC1=S.[Na+].[Na+].[Na+]. The van der Waals surface area contributed by atoms with Gasteiger partial charge in [0.25, 0.3) is 15.9 Å². The molecule has 0 bridgehead atoms. The topological polar surface area (TPSA) is 389 Å². The van der Waals surface area contributed by atoms with Gasteiger partial charge < -0.3 is 56.8 Å². The maximum Gasteiger partial charge on any atom is 1.00 e. The molecule has 116 heavy (non-hydrogen) atoms. The van der Waals surface area contributed by atoms with Gasteiger partial charge in [0.1, 0.15) is 20.3 Å². The number of carbonyl (C=O) groups excluding carboxylic acids is 1. The van der Waals surface area contributed by atoms with Gasteiger partial charge in [0, 0.05) is 118 Å². The summed E-state index contributed by atoms with van der Waals surface area (Å²) in [5.41, 5.74) is 7.05. The van der Waals surface area contributed by atoms with Crippen LogP contribution in [0.4, 0.5) is 11.4 Å². The number of unbranched alkanes of at least 4 members (excludes halogenated alkanes) is 1. The Morgan fingerprint density at radius 1 is 0.621 bits per heavy atom. The Labute approximate surface area is 778 Å². The average molecular weight is 1870 g/mol. The van der Waals surface area contributed by atoms with Crippen molar-refractivity contribution in [2.75, 3.05) is 85.5 Å². The summed E-state index contributed by atoms with van der Waals surface area (Å²) in [5.74, 6) is -0.317. The summed E-state index contributed by atoms with van der Waals surface area (Å²) in [4.78, 5) is 31.3. The molecule has 2 aromatic heterocycles. The van der Waals surface area contributed by atoms with Crippen molar-refractivity contribution in [2.45, 2.75) is 95.4 Å². The van der Waals surface area contributed by atoms with E-state index in [1.54, 1.807) is 43.2 Å². The molecule has 43 heteroatoms. The van der Waals surface area contributed by atoms with Crippen LogP contribution in [-0.2, 0) is 73.3 Å². The van der Waals surface area contributed by atoms with E-state index in [0.717, 1.165) is 108 Å². The van der Waals surface area contributed by atoms with Gasteiger partial charge in [-0.05, 0) is 128 Å². The zero-order valence-electron chi connectivity index (χ0n) is 64.5. The molecule has 610 valence electrons. The monoisotopic (exact) mass is 1870 g/mol. The molecule has 2 fully saturated rings. The van der Waals surface area contributed by atoms with Gasteiger partial charge in [0.05, 0.1) is 97.2 Å². The molecule has 0 radical (unpaired) electrons. The fraction of sp³-hybridized carbons (Fsp3) is 0.356. The number of benzene rings is 5. The first-order chi connectivity index (χ1) is 53.3. The van der Waals surface area contributed by atoms with Crippen LogP contribution in [0.5, 0.6) is 17.2 Å². The quantitative estimate of drug-likeness (QED) is 0.0154. The average Bonchev–Trinajstić information content (AvgIpc) is 1.64. The number of nitrogens with zero attached hydrogens (tertiary/aromatic N) is 6. The molecule has 5 aromatic carbocycles. The van der Waals surface area contributed by atoms with Crippen molar-refractivity contribution in [3.8, 4) is 28.4 Å². The van der Waals surface area contributed by atoms with Gasteiger partial charge in [-0.2, -0.15) is 9.13 Å². The fourth-order valence-electron chi connectivity index (χ4n) is 12.0. The second-order valence-corrected chi connectivity index (χ2v) is 40.4. The van der Waals surface area contributed by atoms with Crippen LogP contribution < -0.4 is 122 Å². The fourth-order valence-corrected chi connectivity index (χ4v) is 20.4. The number of rotatable bonds is 33. The Balaban J connectivity index is 0.000000278. The molecule has 0 saturated carbocycles. The Morgan fingerprint density at radius 3 is 1.78 bits per heavy atom. The third-order valence-electron chi connectivity index (χ3n) is 17.6. The van der Waals surface area contributed by atoms with Crippen molar-refractivity contribution in [1.82, 2.24) is 9.80 Å². The molecular weight excluding hydrogens is 1790 g/mol. The number of thiazole rings is 2. The second-order valence-electron chi connectivity index (χ2n) is 25.7. The predicted octanol–water partition coefficient (Wildman–Crippen LogP) is 3.32. The number of fused-ring (bicyclic) bond motifs is 4. The Kier molecular flexibility index (Phi) is 39.8. The van der Waals surface area contributed by atoms with E-state index in [4.69, 9.17) is 54.7 Å². The van der Waals surface area contributed by atoms with E-state index >= 15 is 0 Å². The molecule has 1 amide bonds. The number of allylic oxidation sites excluding steroid dienone is 6. The standard InChI is InChI=1S/C34H38N2O9S3.C25H26Cl2N2O6S4.C14H18N2O6S4.3Na/c1-5-24(19-34-36(15-9-17-47(37,38)39)28-21-30(43-3)31(44-4)22-32(28)46-34)18-33-35(16-14-23(2)48(40,41)42)27-20-26(12-13-29(27)45-33)25-10-7-6-8-11-25;1-2-17(13-24-28(9-3-11-38(30,31)32)20-15-18(26)5-7-22(20)36-24)14-25-29(10-4-12-39(33,34)35)21-16-19(27)6-8-23(21)37-25;17-12(18)9-16-13(19)10(25-14(16)23)3-4-11-15(6-7-24-11)5-1-2-8-26(20,21)22;;;/h6-8,10-13,18-23H,5,9,14-17H2,1-4H3,(H-,37,38,39,40,41,42);5-8,13-16H,2-4,9-12H2,1H3,(H-,30,31,32,33,34,35);3-4H,1-2,5-9H2,(H,17,18)(H,20,21,22);;;/q;;;3*+1/p-3/b;;10-3-,11-4-;;;. The first-order valence-electron chi connectivity index (χ1n) is 35.0. The van der Waals surface area contributed by atoms with Crippen LogP contribution in [0.25, 0.3) is 43.7 Å². The number of carbonyl (C=O) groups is 2. The number of aliphatic carboxylic acids is 1.